The number of sulfonamides is 1. The summed E-state index contributed by atoms with van der Waals surface area (Å²) in [5, 5.41) is 0.251. The molecule has 2 aromatic rings. The number of nitrogens with one attached hydrogen (secondary N) is 3. The molecule has 0 aliphatic heterocycles. The molecular formula is C16H16ClN3O4S2. The fourth-order valence-electron chi connectivity index (χ4n) is 1.92. The molecule has 0 saturated heterocycles. The Balaban J connectivity index is 2.16. The number of carbonyl (C=O) groups is 2. The standard InChI is InChI=1S/C16H16ClN3O4S2/c1-25-10-15(21)18-19-16(22)11-5-4-6-12(9-11)26(23,24)20-14-8-3-2-7-13(14)17/h2-9,20H,10H2,1H3,(H,18,21)(H,19,22). The van der Waals surface area contributed by atoms with Crippen LogP contribution < -0.4 is 15.6 Å². The Morgan fingerprint density at radius 3 is 2.50 bits per heavy atom. The number of para-hydroxylation sites is 1. The van der Waals surface area contributed by atoms with Crippen LogP contribution in [0.3, 0.4) is 0 Å². The highest BCUT2D eigenvalue weighted by molar-refractivity contribution is 7.99. The van der Waals surface area contributed by atoms with Crippen molar-refractivity contribution in [2.75, 3.05) is 16.7 Å². The van der Waals surface area contributed by atoms with E-state index < -0.39 is 15.9 Å². The number of halogens is 1. The summed E-state index contributed by atoms with van der Waals surface area (Å²) >= 11 is 7.27. The van der Waals surface area contributed by atoms with Crippen molar-refractivity contribution >= 4 is 50.9 Å². The second-order valence-electron chi connectivity index (χ2n) is 5.05. The minimum absolute atomic E-state index is 0.0801. The molecule has 0 spiro atoms. The van der Waals surface area contributed by atoms with Gasteiger partial charge in [-0.1, -0.05) is 29.8 Å². The van der Waals surface area contributed by atoms with Crippen LogP contribution in [0.4, 0.5) is 5.69 Å². The largest absolute Gasteiger partial charge is 0.278 e. The molecule has 7 nitrogen and oxygen atoms in total. The molecule has 0 aromatic heterocycles. The van der Waals surface area contributed by atoms with E-state index in [1.165, 1.54) is 42.1 Å². The van der Waals surface area contributed by atoms with Gasteiger partial charge >= 0.3 is 0 Å². The first-order valence-electron chi connectivity index (χ1n) is 7.29. The third kappa shape index (κ3) is 5.38. The van der Waals surface area contributed by atoms with Gasteiger partial charge in [0.25, 0.3) is 15.9 Å². The van der Waals surface area contributed by atoms with E-state index in [2.05, 4.69) is 15.6 Å². The van der Waals surface area contributed by atoms with Crippen molar-refractivity contribution in [3.8, 4) is 0 Å². The summed E-state index contributed by atoms with van der Waals surface area (Å²) in [5.41, 5.74) is 4.79. The van der Waals surface area contributed by atoms with E-state index in [0.29, 0.717) is 0 Å². The minimum atomic E-state index is -3.94. The molecule has 0 saturated carbocycles. The van der Waals surface area contributed by atoms with Crippen molar-refractivity contribution in [2.45, 2.75) is 4.90 Å². The highest BCUT2D eigenvalue weighted by Crippen LogP contribution is 2.24. The maximum absolute atomic E-state index is 12.5. The highest BCUT2D eigenvalue weighted by atomic mass is 35.5. The zero-order valence-corrected chi connectivity index (χ0v) is 16.0. The van der Waals surface area contributed by atoms with Gasteiger partial charge in [0, 0.05) is 5.56 Å². The number of anilines is 1. The topological polar surface area (TPSA) is 104 Å². The van der Waals surface area contributed by atoms with E-state index in [1.807, 2.05) is 0 Å². The number of amides is 2. The highest BCUT2D eigenvalue weighted by Gasteiger charge is 2.18. The number of hydrazine groups is 1. The molecule has 138 valence electrons. The second kappa shape index (κ2) is 8.93. The van der Waals surface area contributed by atoms with Crippen molar-refractivity contribution in [1.29, 1.82) is 0 Å². The lowest BCUT2D eigenvalue weighted by atomic mass is 10.2. The van der Waals surface area contributed by atoms with Crippen molar-refractivity contribution in [3.05, 3.63) is 59.1 Å². The zero-order chi connectivity index (χ0) is 19.2. The number of benzene rings is 2. The summed E-state index contributed by atoms with van der Waals surface area (Å²) in [7, 11) is -3.94. The van der Waals surface area contributed by atoms with Crippen LogP contribution in [0.2, 0.25) is 5.02 Å². The lowest BCUT2D eigenvalue weighted by Gasteiger charge is -2.11. The second-order valence-corrected chi connectivity index (χ2v) is 8.00. The first-order valence-corrected chi connectivity index (χ1v) is 10.5. The Morgan fingerprint density at radius 1 is 1.08 bits per heavy atom. The van der Waals surface area contributed by atoms with E-state index in [4.69, 9.17) is 11.6 Å². The smallest absolute Gasteiger partial charge is 0.269 e. The Morgan fingerprint density at radius 2 is 1.81 bits per heavy atom. The van der Waals surface area contributed by atoms with Crippen LogP contribution in [-0.2, 0) is 14.8 Å². The van der Waals surface area contributed by atoms with E-state index in [0.717, 1.165) is 0 Å². The average molecular weight is 414 g/mol. The number of rotatable bonds is 6. The van der Waals surface area contributed by atoms with Crippen LogP contribution in [-0.4, -0.2) is 32.2 Å². The molecular weight excluding hydrogens is 398 g/mol. The number of thioether (sulfide) groups is 1. The number of carbonyl (C=O) groups excluding carboxylic acids is 2. The van der Waals surface area contributed by atoms with Crippen LogP contribution in [0.15, 0.2) is 53.4 Å². The molecule has 2 aromatic carbocycles. The molecule has 0 atom stereocenters. The molecule has 0 fully saturated rings. The molecule has 2 rings (SSSR count). The quantitative estimate of drug-likeness (QED) is 0.630. The third-order valence-corrected chi connectivity index (χ3v) is 5.36. The van der Waals surface area contributed by atoms with Gasteiger partial charge in [-0.15, -0.1) is 0 Å². The maximum Gasteiger partial charge on any atom is 0.269 e. The number of hydrogen-bond acceptors (Lipinski definition) is 5. The predicted molar refractivity (Wildman–Crippen MR) is 103 cm³/mol. The van der Waals surface area contributed by atoms with E-state index in [9.17, 15) is 18.0 Å². The van der Waals surface area contributed by atoms with Crippen LogP contribution in [0.1, 0.15) is 10.4 Å². The third-order valence-electron chi connectivity index (χ3n) is 3.12. The van der Waals surface area contributed by atoms with Gasteiger partial charge in [-0.2, -0.15) is 11.8 Å². The summed E-state index contributed by atoms with van der Waals surface area (Å²) in [4.78, 5) is 23.3. The summed E-state index contributed by atoms with van der Waals surface area (Å²) in [6, 6.07) is 11.8. The molecule has 0 aliphatic rings. The molecule has 10 heteroatoms. The summed E-state index contributed by atoms with van der Waals surface area (Å²) in [5.74, 6) is -0.805. The Kier molecular flexibility index (Phi) is 6.90. The molecule has 0 heterocycles. The van der Waals surface area contributed by atoms with Gasteiger partial charge in [-0.3, -0.25) is 25.2 Å². The molecule has 3 N–H and O–H groups in total. The van der Waals surface area contributed by atoms with Crippen molar-refractivity contribution in [2.24, 2.45) is 0 Å². The van der Waals surface area contributed by atoms with Crippen molar-refractivity contribution < 1.29 is 18.0 Å². The van der Waals surface area contributed by atoms with Gasteiger partial charge in [-0.25, -0.2) is 8.42 Å². The lowest BCUT2D eigenvalue weighted by molar-refractivity contribution is -0.119. The monoisotopic (exact) mass is 413 g/mol. The van der Waals surface area contributed by atoms with Crippen LogP contribution >= 0.6 is 23.4 Å². The van der Waals surface area contributed by atoms with Gasteiger partial charge in [-0.05, 0) is 36.6 Å². The average Bonchev–Trinajstić information content (AvgIpc) is 2.62. The maximum atomic E-state index is 12.5. The van der Waals surface area contributed by atoms with Crippen molar-refractivity contribution in [1.82, 2.24) is 10.9 Å². The summed E-state index contributed by atoms with van der Waals surface area (Å²) < 4.78 is 27.4. The van der Waals surface area contributed by atoms with Crippen molar-refractivity contribution in [3.63, 3.8) is 0 Å². The fourth-order valence-corrected chi connectivity index (χ4v) is 3.62. The molecule has 0 radical (unpaired) electrons. The molecule has 0 bridgehead atoms. The molecule has 26 heavy (non-hydrogen) atoms. The van der Waals surface area contributed by atoms with Crippen LogP contribution in [0, 0.1) is 0 Å². The van der Waals surface area contributed by atoms with Gasteiger partial charge in [0.05, 0.1) is 21.4 Å². The van der Waals surface area contributed by atoms with Gasteiger partial charge < -0.3 is 0 Å². The fraction of sp³-hybridized carbons (Fsp3) is 0.125. The minimum Gasteiger partial charge on any atom is -0.278 e. The first-order chi connectivity index (χ1) is 12.3. The Bertz CT molecular complexity index is 919. The molecule has 0 aliphatic carbocycles. The number of hydrogen-bond donors (Lipinski definition) is 3. The summed E-state index contributed by atoms with van der Waals surface area (Å²) in [6.45, 7) is 0. The van der Waals surface area contributed by atoms with Crippen LogP contribution in [0.25, 0.3) is 0 Å². The van der Waals surface area contributed by atoms with E-state index in [-0.39, 0.29) is 32.8 Å². The Hall–Kier alpha value is -2.23. The predicted octanol–water partition coefficient (Wildman–Crippen LogP) is 2.26. The van der Waals surface area contributed by atoms with Gasteiger partial charge in [0.1, 0.15) is 0 Å². The first kappa shape index (κ1) is 20.1. The van der Waals surface area contributed by atoms with Gasteiger partial charge in [0.2, 0.25) is 5.91 Å². The SMILES string of the molecule is CSCC(=O)NNC(=O)c1cccc(S(=O)(=O)Nc2ccccc2Cl)c1. The zero-order valence-electron chi connectivity index (χ0n) is 13.7. The molecule has 2 amide bonds. The van der Waals surface area contributed by atoms with E-state index >= 15 is 0 Å². The lowest BCUT2D eigenvalue weighted by Crippen LogP contribution is -2.42. The molecule has 0 unspecified atom stereocenters. The van der Waals surface area contributed by atoms with E-state index in [1.54, 1.807) is 24.5 Å². The van der Waals surface area contributed by atoms with Crippen LogP contribution in [0.5, 0.6) is 0 Å². The van der Waals surface area contributed by atoms with Gasteiger partial charge in [0.15, 0.2) is 0 Å². The normalized spacial score (nSPS) is 10.8. The summed E-state index contributed by atoms with van der Waals surface area (Å²) in [6.07, 6.45) is 1.75. The Labute approximate surface area is 160 Å².